The van der Waals surface area contributed by atoms with Crippen LogP contribution in [0.1, 0.15) is 5.69 Å². The van der Waals surface area contributed by atoms with Gasteiger partial charge in [0.2, 0.25) is 15.9 Å². The smallest absolute Gasteiger partial charge is 0.242 e. The van der Waals surface area contributed by atoms with E-state index in [1.54, 1.807) is 18.3 Å². The first-order valence-corrected chi connectivity index (χ1v) is 6.72. The standard InChI is InChI=1S/C11H13N3O3S/c1-17-11-5-4-10(8-13-11)18(15,16)14-7-9-3-2-6-12-9/h2-6,8,12,14H,7H2,1H3. The summed E-state index contributed by atoms with van der Waals surface area (Å²) in [5, 5.41) is 0. The van der Waals surface area contributed by atoms with Crippen LogP contribution in [-0.4, -0.2) is 25.5 Å². The lowest BCUT2D eigenvalue weighted by molar-refractivity contribution is 0.397. The molecule has 0 atom stereocenters. The summed E-state index contributed by atoms with van der Waals surface area (Å²) in [7, 11) is -2.08. The number of aromatic amines is 1. The predicted molar refractivity (Wildman–Crippen MR) is 65.6 cm³/mol. The van der Waals surface area contributed by atoms with E-state index in [1.807, 2.05) is 0 Å². The molecule has 0 aliphatic carbocycles. The van der Waals surface area contributed by atoms with Crippen molar-refractivity contribution in [1.29, 1.82) is 0 Å². The Morgan fingerprint density at radius 2 is 2.22 bits per heavy atom. The highest BCUT2D eigenvalue weighted by Gasteiger charge is 2.14. The minimum Gasteiger partial charge on any atom is -0.481 e. The molecule has 2 aromatic heterocycles. The van der Waals surface area contributed by atoms with Crippen LogP contribution in [-0.2, 0) is 16.6 Å². The number of hydrogen-bond acceptors (Lipinski definition) is 4. The zero-order valence-electron chi connectivity index (χ0n) is 9.75. The highest BCUT2D eigenvalue weighted by atomic mass is 32.2. The van der Waals surface area contributed by atoms with E-state index in [-0.39, 0.29) is 11.4 Å². The van der Waals surface area contributed by atoms with Crippen LogP contribution in [0.2, 0.25) is 0 Å². The van der Waals surface area contributed by atoms with Crippen LogP contribution in [0.15, 0.2) is 41.6 Å². The Bertz CT molecular complexity index is 591. The lowest BCUT2D eigenvalue weighted by Crippen LogP contribution is -2.23. The Labute approximate surface area is 105 Å². The third-order valence-electron chi connectivity index (χ3n) is 2.34. The molecule has 2 N–H and O–H groups in total. The number of nitrogens with one attached hydrogen (secondary N) is 2. The van der Waals surface area contributed by atoms with Crippen LogP contribution in [0.5, 0.6) is 5.88 Å². The molecule has 0 spiro atoms. The fourth-order valence-electron chi connectivity index (χ4n) is 1.38. The van der Waals surface area contributed by atoms with Gasteiger partial charge in [-0.15, -0.1) is 0 Å². The fourth-order valence-corrected chi connectivity index (χ4v) is 2.33. The molecule has 0 saturated heterocycles. The molecule has 96 valence electrons. The predicted octanol–water partition coefficient (Wildman–Crippen LogP) is 0.897. The lowest BCUT2D eigenvalue weighted by atomic mass is 10.4. The van der Waals surface area contributed by atoms with Gasteiger partial charge in [-0.2, -0.15) is 0 Å². The van der Waals surface area contributed by atoms with Crippen molar-refractivity contribution in [1.82, 2.24) is 14.7 Å². The van der Waals surface area contributed by atoms with Crippen molar-refractivity contribution in [3.63, 3.8) is 0 Å². The number of H-pyrrole nitrogens is 1. The first-order valence-electron chi connectivity index (χ1n) is 5.24. The molecule has 0 amide bonds. The van der Waals surface area contributed by atoms with Crippen molar-refractivity contribution in [3.05, 3.63) is 42.4 Å². The van der Waals surface area contributed by atoms with Crippen LogP contribution >= 0.6 is 0 Å². The summed E-state index contributed by atoms with van der Waals surface area (Å²) in [6, 6.07) is 6.56. The van der Waals surface area contributed by atoms with Gasteiger partial charge in [0.1, 0.15) is 4.90 Å². The van der Waals surface area contributed by atoms with E-state index >= 15 is 0 Å². The Balaban J connectivity index is 2.09. The number of nitrogens with zero attached hydrogens (tertiary/aromatic N) is 1. The summed E-state index contributed by atoms with van der Waals surface area (Å²) < 4.78 is 31.2. The van der Waals surface area contributed by atoms with Crippen LogP contribution in [0, 0.1) is 0 Å². The summed E-state index contributed by atoms with van der Waals surface area (Å²) >= 11 is 0. The maximum absolute atomic E-state index is 11.9. The molecular weight excluding hydrogens is 254 g/mol. The Morgan fingerprint density at radius 1 is 1.39 bits per heavy atom. The minimum absolute atomic E-state index is 0.106. The van der Waals surface area contributed by atoms with Gasteiger partial charge in [-0.1, -0.05) is 0 Å². The zero-order valence-corrected chi connectivity index (χ0v) is 10.6. The van der Waals surface area contributed by atoms with E-state index in [9.17, 15) is 8.42 Å². The van der Waals surface area contributed by atoms with E-state index in [1.165, 1.54) is 25.4 Å². The molecule has 0 radical (unpaired) electrons. The molecule has 0 bridgehead atoms. The Hall–Kier alpha value is -1.86. The van der Waals surface area contributed by atoms with Crippen molar-refractivity contribution in [3.8, 4) is 5.88 Å². The number of ether oxygens (including phenoxy) is 1. The molecule has 2 aromatic rings. The Morgan fingerprint density at radius 3 is 2.78 bits per heavy atom. The fraction of sp³-hybridized carbons (Fsp3) is 0.182. The van der Waals surface area contributed by atoms with E-state index in [0.717, 1.165) is 5.69 Å². The first-order chi connectivity index (χ1) is 8.62. The largest absolute Gasteiger partial charge is 0.481 e. The van der Waals surface area contributed by atoms with E-state index in [2.05, 4.69) is 14.7 Å². The molecule has 6 nitrogen and oxygen atoms in total. The summed E-state index contributed by atoms with van der Waals surface area (Å²) in [6.07, 6.45) is 2.99. The first kappa shape index (κ1) is 12.6. The summed E-state index contributed by atoms with van der Waals surface area (Å²) in [5.74, 6) is 0.373. The minimum atomic E-state index is -3.55. The summed E-state index contributed by atoms with van der Waals surface area (Å²) in [4.78, 5) is 6.88. The van der Waals surface area contributed by atoms with Gasteiger partial charge in [0.05, 0.1) is 19.9 Å². The van der Waals surface area contributed by atoms with E-state index in [4.69, 9.17) is 4.74 Å². The average Bonchev–Trinajstić information content (AvgIpc) is 2.90. The third-order valence-corrected chi connectivity index (χ3v) is 3.73. The second-order valence-corrected chi connectivity index (χ2v) is 5.32. The van der Waals surface area contributed by atoms with Crippen molar-refractivity contribution < 1.29 is 13.2 Å². The number of sulfonamides is 1. The Kier molecular flexibility index (Phi) is 3.63. The van der Waals surface area contributed by atoms with Gasteiger partial charge in [-0.25, -0.2) is 18.1 Å². The summed E-state index contributed by atoms with van der Waals surface area (Å²) in [5.41, 5.74) is 0.792. The van der Waals surface area contributed by atoms with Gasteiger partial charge in [-0.05, 0) is 18.2 Å². The van der Waals surface area contributed by atoms with Crippen LogP contribution in [0.25, 0.3) is 0 Å². The second kappa shape index (κ2) is 5.19. The molecule has 2 heterocycles. The number of hydrogen-bond donors (Lipinski definition) is 2. The van der Waals surface area contributed by atoms with Gasteiger partial charge in [-0.3, -0.25) is 0 Å². The van der Waals surface area contributed by atoms with E-state index < -0.39 is 10.0 Å². The second-order valence-electron chi connectivity index (χ2n) is 3.56. The lowest BCUT2D eigenvalue weighted by Gasteiger charge is -2.06. The highest BCUT2D eigenvalue weighted by Crippen LogP contribution is 2.12. The van der Waals surface area contributed by atoms with Crippen molar-refractivity contribution >= 4 is 10.0 Å². The SMILES string of the molecule is COc1ccc(S(=O)(=O)NCc2ccc[nH]2)cn1. The maximum Gasteiger partial charge on any atom is 0.242 e. The van der Waals surface area contributed by atoms with Gasteiger partial charge in [0.15, 0.2) is 0 Å². The molecule has 0 aliphatic rings. The van der Waals surface area contributed by atoms with Crippen molar-refractivity contribution in [2.75, 3.05) is 7.11 Å². The molecule has 0 aliphatic heterocycles. The summed E-state index contributed by atoms with van der Waals surface area (Å²) in [6.45, 7) is 0.210. The number of methoxy groups -OCH3 is 1. The van der Waals surface area contributed by atoms with Gasteiger partial charge < -0.3 is 9.72 Å². The third kappa shape index (κ3) is 2.88. The molecule has 0 unspecified atom stereocenters. The van der Waals surface area contributed by atoms with Crippen LogP contribution < -0.4 is 9.46 Å². The number of rotatable bonds is 5. The van der Waals surface area contributed by atoms with Crippen LogP contribution in [0.3, 0.4) is 0 Å². The number of pyridine rings is 1. The molecule has 0 aromatic carbocycles. The molecule has 18 heavy (non-hydrogen) atoms. The quantitative estimate of drug-likeness (QED) is 0.843. The van der Waals surface area contributed by atoms with Gasteiger partial charge in [0, 0.05) is 18.0 Å². The molecular formula is C11H13N3O3S. The van der Waals surface area contributed by atoms with Gasteiger partial charge in [0.25, 0.3) is 0 Å². The van der Waals surface area contributed by atoms with Gasteiger partial charge >= 0.3 is 0 Å². The topological polar surface area (TPSA) is 84.1 Å². The normalized spacial score (nSPS) is 11.4. The zero-order chi connectivity index (χ0) is 13.0. The monoisotopic (exact) mass is 267 g/mol. The van der Waals surface area contributed by atoms with Crippen LogP contribution in [0.4, 0.5) is 0 Å². The maximum atomic E-state index is 11.9. The molecule has 0 saturated carbocycles. The van der Waals surface area contributed by atoms with E-state index in [0.29, 0.717) is 5.88 Å². The van der Waals surface area contributed by atoms with Crippen molar-refractivity contribution in [2.24, 2.45) is 0 Å². The highest BCUT2D eigenvalue weighted by molar-refractivity contribution is 7.89. The molecule has 7 heteroatoms. The van der Waals surface area contributed by atoms with Crippen molar-refractivity contribution in [2.45, 2.75) is 11.4 Å². The number of aromatic nitrogens is 2. The molecule has 0 fully saturated rings. The average molecular weight is 267 g/mol. The molecule has 2 rings (SSSR count).